The highest BCUT2D eigenvalue weighted by Crippen LogP contribution is 2.32. The van der Waals surface area contributed by atoms with Gasteiger partial charge in [-0.05, 0) is 30.7 Å². The van der Waals surface area contributed by atoms with Gasteiger partial charge >= 0.3 is 11.6 Å². The second-order valence-electron chi connectivity index (χ2n) is 6.15. The Labute approximate surface area is 168 Å². The summed E-state index contributed by atoms with van der Waals surface area (Å²) in [6, 6.07) is 7.78. The molecule has 10 heteroatoms. The Balaban J connectivity index is 1.67. The topological polar surface area (TPSA) is 98.5 Å². The molecule has 144 valence electrons. The molecule has 1 N–H and O–H groups in total. The lowest BCUT2D eigenvalue weighted by Gasteiger charge is -2.16. The summed E-state index contributed by atoms with van der Waals surface area (Å²) in [7, 11) is 0. The van der Waals surface area contributed by atoms with E-state index in [9.17, 15) is 14.9 Å². The smallest absolute Gasteiger partial charge is 0.346 e. The Morgan fingerprint density at radius 2 is 1.93 bits per heavy atom. The van der Waals surface area contributed by atoms with Crippen LogP contribution in [0.2, 0.25) is 10.0 Å². The average molecular weight is 422 g/mol. The first-order chi connectivity index (χ1) is 13.4. The van der Waals surface area contributed by atoms with E-state index < -0.39 is 5.91 Å². The fourth-order valence-corrected chi connectivity index (χ4v) is 3.28. The first-order valence-corrected chi connectivity index (χ1v) is 8.93. The molecule has 2 aromatic carbocycles. The fraction of sp³-hybridized carbons (Fsp3) is 0.167. The summed E-state index contributed by atoms with van der Waals surface area (Å²) in [5.74, 6) is 0.514. The maximum Gasteiger partial charge on any atom is 0.346 e. The Hall–Kier alpha value is -2.97. The minimum absolute atomic E-state index is 0.0224. The van der Waals surface area contributed by atoms with Gasteiger partial charge in [0.25, 0.3) is 5.52 Å². The van der Waals surface area contributed by atoms with Crippen molar-refractivity contribution in [1.82, 2.24) is 10.0 Å². The lowest BCUT2D eigenvalue weighted by Crippen LogP contribution is -2.36. The van der Waals surface area contributed by atoms with E-state index in [4.69, 9.17) is 32.7 Å². The van der Waals surface area contributed by atoms with Crippen LogP contribution in [0.5, 0.6) is 11.5 Å². The van der Waals surface area contributed by atoms with Gasteiger partial charge in [0.05, 0.1) is 20.2 Å². The van der Waals surface area contributed by atoms with Gasteiger partial charge in [0.15, 0.2) is 11.5 Å². The zero-order chi connectivity index (χ0) is 20.0. The Kier molecular flexibility index (Phi) is 4.52. The van der Waals surface area contributed by atoms with Gasteiger partial charge < -0.3 is 24.7 Å². The van der Waals surface area contributed by atoms with Crippen LogP contribution in [0.4, 0.5) is 0 Å². The number of hydrogen-bond donors (Lipinski definition) is 1. The molecule has 8 nitrogen and oxygen atoms in total. The molecule has 2 heterocycles. The third-order valence-corrected chi connectivity index (χ3v) is 5.13. The van der Waals surface area contributed by atoms with Gasteiger partial charge in [0, 0.05) is 17.5 Å². The number of carbonyl (C=O) groups excluding carboxylic acids is 1. The van der Waals surface area contributed by atoms with Crippen LogP contribution in [-0.2, 0) is 6.54 Å². The van der Waals surface area contributed by atoms with Gasteiger partial charge in [0.1, 0.15) is 5.52 Å². The molecule has 0 radical (unpaired) electrons. The van der Waals surface area contributed by atoms with Crippen molar-refractivity contribution < 1.29 is 18.7 Å². The second kappa shape index (κ2) is 6.88. The summed E-state index contributed by atoms with van der Waals surface area (Å²) in [5, 5.41) is 15.4. The van der Waals surface area contributed by atoms with Crippen LogP contribution in [-0.4, -0.2) is 17.4 Å². The Morgan fingerprint density at radius 1 is 1.21 bits per heavy atom. The van der Waals surface area contributed by atoms with Crippen LogP contribution in [0.3, 0.4) is 0 Å². The molecule has 1 amide bonds. The maximum absolute atomic E-state index is 12.7. The third kappa shape index (κ3) is 3.00. The van der Waals surface area contributed by atoms with E-state index in [0.717, 1.165) is 5.56 Å². The molecule has 0 unspecified atom stereocenters. The van der Waals surface area contributed by atoms with Crippen LogP contribution in [0, 0.1) is 17.0 Å². The van der Waals surface area contributed by atoms with Gasteiger partial charge in [0.2, 0.25) is 6.79 Å². The monoisotopic (exact) mass is 421 g/mol. The fourth-order valence-electron chi connectivity index (χ4n) is 2.97. The van der Waals surface area contributed by atoms with Crippen LogP contribution in [0.15, 0.2) is 30.3 Å². The molecule has 0 saturated carbocycles. The predicted molar refractivity (Wildman–Crippen MR) is 103 cm³/mol. The molecule has 0 aliphatic carbocycles. The molecule has 4 rings (SSSR count). The number of rotatable bonds is 3. The quantitative estimate of drug-likeness (QED) is 0.654. The average Bonchev–Trinajstić information content (AvgIpc) is 3.14. The number of fused-ring (bicyclic) bond motifs is 2. The number of halogens is 2. The van der Waals surface area contributed by atoms with Crippen LogP contribution >= 0.6 is 23.2 Å². The number of amides is 1. The van der Waals surface area contributed by atoms with Gasteiger partial charge in [-0.25, -0.2) is 0 Å². The minimum atomic E-state index is -0.692. The van der Waals surface area contributed by atoms with Crippen molar-refractivity contribution in [1.29, 1.82) is 0 Å². The van der Waals surface area contributed by atoms with Crippen molar-refractivity contribution >= 4 is 40.1 Å². The number of nitrogens with one attached hydrogen (secondary N) is 1. The predicted octanol–water partition coefficient (Wildman–Crippen LogP) is 3.18. The summed E-state index contributed by atoms with van der Waals surface area (Å²) in [6.07, 6.45) is 0. The number of ether oxygens (including phenoxy) is 2. The van der Waals surface area contributed by atoms with Gasteiger partial charge in [-0.3, -0.25) is 4.79 Å². The Bertz CT molecular complexity index is 1190. The second-order valence-corrected chi connectivity index (χ2v) is 6.96. The highest BCUT2D eigenvalue weighted by atomic mass is 35.5. The maximum atomic E-state index is 12.7. The van der Waals surface area contributed by atoms with Crippen molar-refractivity contribution in [3.63, 3.8) is 0 Å². The molecular weight excluding hydrogens is 409 g/mol. The normalized spacial score (nSPS) is 12.4. The number of nitrogens with zero attached hydrogens (tertiary/aromatic N) is 2. The third-order valence-electron chi connectivity index (χ3n) is 4.41. The SMILES string of the molecule is Cc1c(C(=O)NCc2ccc3c(c2)OCO3)[n+](=O)c2cc(Cl)c(Cl)cc2n1[O-]. The number of benzene rings is 2. The highest BCUT2D eigenvalue weighted by molar-refractivity contribution is 6.42. The van der Waals surface area contributed by atoms with Crippen molar-refractivity contribution in [3.8, 4) is 11.5 Å². The van der Waals surface area contributed by atoms with E-state index in [-0.39, 0.29) is 45.8 Å². The lowest BCUT2D eigenvalue weighted by molar-refractivity contribution is -0.468. The molecule has 3 aromatic rings. The summed E-state index contributed by atoms with van der Waals surface area (Å²) >= 11 is 11.9. The number of hydrogen-bond acceptors (Lipinski definition) is 5. The van der Waals surface area contributed by atoms with Crippen molar-refractivity contribution in [2.45, 2.75) is 13.5 Å². The lowest BCUT2D eigenvalue weighted by atomic mass is 10.2. The summed E-state index contributed by atoms with van der Waals surface area (Å²) in [4.78, 5) is 25.4. The van der Waals surface area contributed by atoms with Crippen LogP contribution in [0.1, 0.15) is 21.7 Å². The number of carbonyl (C=O) groups is 1. The summed E-state index contributed by atoms with van der Waals surface area (Å²) in [5.41, 5.74) is 0.349. The molecule has 1 aliphatic rings. The largest absolute Gasteiger partial charge is 0.805 e. The van der Waals surface area contributed by atoms with E-state index >= 15 is 0 Å². The molecule has 1 aromatic heterocycles. The molecular formula is C18H13Cl2N3O5. The van der Waals surface area contributed by atoms with Crippen LogP contribution in [0.25, 0.3) is 11.0 Å². The van der Waals surface area contributed by atoms with Gasteiger partial charge in [-0.15, -0.1) is 0 Å². The summed E-state index contributed by atoms with van der Waals surface area (Å²) < 4.78 is 11.4. The van der Waals surface area contributed by atoms with Crippen molar-refractivity contribution in [3.05, 3.63) is 67.4 Å². The van der Waals surface area contributed by atoms with Gasteiger partial charge in [-0.2, -0.15) is 0 Å². The molecule has 0 spiro atoms. The molecule has 0 fully saturated rings. The van der Waals surface area contributed by atoms with Crippen molar-refractivity contribution in [2.75, 3.05) is 6.79 Å². The minimum Gasteiger partial charge on any atom is -0.805 e. The molecule has 28 heavy (non-hydrogen) atoms. The van der Waals surface area contributed by atoms with E-state index in [1.807, 2.05) is 0 Å². The molecule has 1 aliphatic heterocycles. The standard InChI is InChI=1S/C18H13Cl2N3O5/c1-9-17(23(26)14-6-12(20)11(19)5-13(14)22(9)25)18(24)21-7-10-2-3-15-16(4-10)28-8-27-15/h2-6H,7-8H2,1H3,(H,21,24). The van der Waals surface area contributed by atoms with Gasteiger partial charge in [-0.1, -0.05) is 29.3 Å². The first kappa shape index (κ1) is 18.4. The van der Waals surface area contributed by atoms with E-state index in [0.29, 0.717) is 20.7 Å². The van der Waals surface area contributed by atoms with Crippen molar-refractivity contribution in [2.24, 2.45) is 0 Å². The molecule has 0 bridgehead atoms. The summed E-state index contributed by atoms with van der Waals surface area (Å²) in [6.45, 7) is 1.67. The zero-order valence-corrected chi connectivity index (χ0v) is 16.0. The molecule has 0 saturated heterocycles. The zero-order valence-electron chi connectivity index (χ0n) is 14.5. The van der Waals surface area contributed by atoms with E-state index in [1.54, 1.807) is 18.2 Å². The van der Waals surface area contributed by atoms with Crippen LogP contribution < -0.4 is 19.2 Å². The number of aromatic nitrogens is 2. The Morgan fingerprint density at radius 3 is 2.71 bits per heavy atom. The van der Waals surface area contributed by atoms with E-state index in [2.05, 4.69) is 5.32 Å². The highest BCUT2D eigenvalue weighted by Gasteiger charge is 2.27. The van der Waals surface area contributed by atoms with E-state index in [1.165, 1.54) is 19.1 Å². The first-order valence-electron chi connectivity index (χ1n) is 8.18. The molecule has 0 atom stereocenters.